The van der Waals surface area contributed by atoms with Gasteiger partial charge < -0.3 is 4.90 Å². The molecule has 1 aliphatic heterocycles. The Bertz CT molecular complexity index is 711. The number of hydrogen-bond acceptors (Lipinski definition) is 4. The summed E-state index contributed by atoms with van der Waals surface area (Å²) in [5.41, 5.74) is 1.26. The first-order valence-electron chi connectivity index (χ1n) is 7.59. The van der Waals surface area contributed by atoms with Crippen molar-refractivity contribution in [2.24, 2.45) is 0 Å². The maximum atomic E-state index is 13.0. The van der Waals surface area contributed by atoms with Gasteiger partial charge in [0.05, 0.1) is 0 Å². The lowest BCUT2D eigenvalue weighted by molar-refractivity contribution is 0.0308. The molecule has 1 saturated heterocycles. The van der Waals surface area contributed by atoms with Gasteiger partial charge in [0.2, 0.25) is 0 Å². The van der Waals surface area contributed by atoms with Crippen LogP contribution in [0.25, 0.3) is 10.6 Å². The van der Waals surface area contributed by atoms with Gasteiger partial charge in [-0.2, -0.15) is 0 Å². The molecule has 122 valence electrons. The van der Waals surface area contributed by atoms with E-state index in [1.165, 1.54) is 23.5 Å². The van der Waals surface area contributed by atoms with Crippen LogP contribution in [0.4, 0.5) is 4.39 Å². The van der Waals surface area contributed by atoms with Gasteiger partial charge in [0, 0.05) is 36.1 Å². The summed E-state index contributed by atoms with van der Waals surface area (Å²) in [4.78, 5) is 21.3. The summed E-state index contributed by atoms with van der Waals surface area (Å²) in [5, 5.41) is 2.52. The van der Waals surface area contributed by atoms with Crippen LogP contribution < -0.4 is 0 Å². The first-order chi connectivity index (χ1) is 10.9. The number of benzene rings is 1. The Hall–Kier alpha value is -1.79. The number of nitrogens with zero attached hydrogens (tertiary/aromatic N) is 3. The lowest BCUT2D eigenvalue weighted by atomic mass is 9.99. The highest BCUT2D eigenvalue weighted by Crippen LogP contribution is 2.26. The Morgan fingerprint density at radius 1 is 1.26 bits per heavy atom. The average Bonchev–Trinajstić information content (AvgIpc) is 3.00. The fourth-order valence-corrected chi connectivity index (χ4v) is 3.47. The summed E-state index contributed by atoms with van der Waals surface area (Å²) in [6.45, 7) is 6.52. The summed E-state index contributed by atoms with van der Waals surface area (Å²) in [6.07, 6.45) is 0. The van der Waals surface area contributed by atoms with E-state index in [1.54, 1.807) is 17.5 Å². The molecule has 0 unspecified atom stereocenters. The molecule has 0 N–H and O–H groups in total. The highest BCUT2D eigenvalue weighted by molar-refractivity contribution is 7.13. The topological polar surface area (TPSA) is 36.4 Å². The van der Waals surface area contributed by atoms with Crippen LogP contribution in [-0.2, 0) is 0 Å². The van der Waals surface area contributed by atoms with E-state index in [2.05, 4.69) is 30.8 Å². The Morgan fingerprint density at radius 2 is 1.96 bits per heavy atom. The first-order valence-corrected chi connectivity index (χ1v) is 8.47. The van der Waals surface area contributed by atoms with Crippen molar-refractivity contribution < 1.29 is 9.18 Å². The van der Waals surface area contributed by atoms with Gasteiger partial charge in [-0.25, -0.2) is 9.37 Å². The van der Waals surface area contributed by atoms with Crippen molar-refractivity contribution in [2.45, 2.75) is 19.4 Å². The summed E-state index contributed by atoms with van der Waals surface area (Å²) in [5.74, 6) is -0.308. The quantitative estimate of drug-likeness (QED) is 0.847. The Morgan fingerprint density at radius 3 is 2.61 bits per heavy atom. The molecule has 2 heterocycles. The van der Waals surface area contributed by atoms with Crippen molar-refractivity contribution in [3.63, 3.8) is 0 Å². The molecule has 1 aromatic heterocycles. The largest absolute Gasteiger partial charge is 0.334 e. The van der Waals surface area contributed by atoms with Gasteiger partial charge in [0.25, 0.3) is 5.91 Å². The molecule has 1 aromatic carbocycles. The molecular weight excluding hydrogens is 313 g/mol. The normalized spacial score (nSPS) is 18.2. The SMILES string of the molecule is CN1CCN(C(=O)c2csc(-c3ccc(F)cc3)n2)CC1(C)C. The lowest BCUT2D eigenvalue weighted by Crippen LogP contribution is -2.58. The summed E-state index contributed by atoms with van der Waals surface area (Å²) >= 11 is 1.41. The second kappa shape index (κ2) is 6.02. The maximum absolute atomic E-state index is 13.0. The Labute approximate surface area is 139 Å². The molecule has 0 aliphatic carbocycles. The van der Waals surface area contributed by atoms with Gasteiger partial charge in [-0.15, -0.1) is 11.3 Å². The number of carbonyl (C=O) groups is 1. The van der Waals surface area contributed by atoms with Crippen LogP contribution in [0.5, 0.6) is 0 Å². The standard InChI is InChI=1S/C17H20FN3OS/c1-17(2)11-21(9-8-20(17)3)16(22)14-10-23-15(19-14)12-4-6-13(18)7-5-12/h4-7,10H,8-9,11H2,1-3H3. The van der Waals surface area contributed by atoms with E-state index in [0.29, 0.717) is 18.8 Å². The Kier molecular flexibility index (Phi) is 4.21. The predicted octanol–water partition coefficient (Wildman–Crippen LogP) is 3.12. The van der Waals surface area contributed by atoms with Crippen molar-refractivity contribution >= 4 is 17.2 Å². The summed E-state index contributed by atoms with van der Waals surface area (Å²) in [6, 6.07) is 6.17. The molecule has 4 nitrogen and oxygen atoms in total. The minimum atomic E-state index is -0.277. The number of halogens is 1. The minimum Gasteiger partial charge on any atom is -0.334 e. The molecule has 0 bridgehead atoms. The van der Waals surface area contributed by atoms with E-state index in [0.717, 1.165) is 17.1 Å². The highest BCUT2D eigenvalue weighted by atomic mass is 32.1. The zero-order valence-corrected chi connectivity index (χ0v) is 14.4. The van der Waals surface area contributed by atoms with Gasteiger partial charge in [0.1, 0.15) is 16.5 Å². The predicted molar refractivity (Wildman–Crippen MR) is 90.1 cm³/mol. The molecule has 0 atom stereocenters. The molecule has 1 aliphatic rings. The van der Waals surface area contributed by atoms with Gasteiger partial charge in [-0.1, -0.05) is 0 Å². The van der Waals surface area contributed by atoms with Crippen LogP contribution in [0, 0.1) is 5.82 Å². The molecule has 2 aromatic rings. The molecule has 6 heteroatoms. The molecule has 0 saturated carbocycles. The first kappa shape index (κ1) is 16.1. The number of aromatic nitrogens is 1. The van der Waals surface area contributed by atoms with Crippen LogP contribution in [-0.4, -0.2) is 52.9 Å². The smallest absolute Gasteiger partial charge is 0.273 e. The van der Waals surface area contributed by atoms with E-state index in [-0.39, 0.29) is 17.3 Å². The average molecular weight is 333 g/mol. The Balaban J connectivity index is 1.77. The van der Waals surface area contributed by atoms with Crippen LogP contribution >= 0.6 is 11.3 Å². The second-order valence-corrected chi connectivity index (χ2v) is 7.36. The number of carbonyl (C=O) groups excluding carboxylic acids is 1. The van der Waals surface area contributed by atoms with Gasteiger partial charge >= 0.3 is 0 Å². The number of rotatable bonds is 2. The molecule has 3 rings (SSSR count). The molecular formula is C17H20FN3OS. The number of amides is 1. The van der Waals surface area contributed by atoms with Crippen molar-refractivity contribution in [2.75, 3.05) is 26.7 Å². The van der Waals surface area contributed by atoms with E-state index < -0.39 is 0 Å². The van der Waals surface area contributed by atoms with E-state index in [9.17, 15) is 9.18 Å². The van der Waals surface area contributed by atoms with E-state index in [1.807, 2.05) is 4.90 Å². The van der Waals surface area contributed by atoms with Gasteiger partial charge in [0.15, 0.2) is 0 Å². The summed E-state index contributed by atoms with van der Waals surface area (Å²) < 4.78 is 13.0. The van der Waals surface area contributed by atoms with Gasteiger partial charge in [-0.05, 0) is 45.2 Å². The lowest BCUT2D eigenvalue weighted by Gasteiger charge is -2.45. The second-order valence-electron chi connectivity index (χ2n) is 6.51. The minimum absolute atomic E-state index is 0.0317. The molecule has 23 heavy (non-hydrogen) atoms. The van der Waals surface area contributed by atoms with Crippen LogP contribution in [0.2, 0.25) is 0 Å². The van der Waals surface area contributed by atoms with Crippen LogP contribution in [0.1, 0.15) is 24.3 Å². The van der Waals surface area contributed by atoms with Crippen molar-refractivity contribution in [1.82, 2.24) is 14.8 Å². The maximum Gasteiger partial charge on any atom is 0.273 e. The zero-order valence-electron chi connectivity index (χ0n) is 13.5. The number of likely N-dealkylation sites (N-methyl/N-ethyl adjacent to an activating group) is 1. The zero-order chi connectivity index (χ0) is 16.6. The number of thiazole rings is 1. The third-order valence-electron chi connectivity index (χ3n) is 4.42. The highest BCUT2D eigenvalue weighted by Gasteiger charge is 2.34. The third kappa shape index (κ3) is 3.28. The van der Waals surface area contributed by atoms with Crippen LogP contribution in [0.15, 0.2) is 29.6 Å². The third-order valence-corrected chi connectivity index (χ3v) is 5.31. The van der Waals surface area contributed by atoms with E-state index >= 15 is 0 Å². The van der Waals surface area contributed by atoms with Crippen molar-refractivity contribution in [3.05, 3.63) is 41.2 Å². The fourth-order valence-electron chi connectivity index (χ4n) is 2.67. The monoisotopic (exact) mass is 333 g/mol. The van der Waals surface area contributed by atoms with Gasteiger partial charge in [-0.3, -0.25) is 9.69 Å². The fraction of sp³-hybridized carbons (Fsp3) is 0.412. The van der Waals surface area contributed by atoms with E-state index in [4.69, 9.17) is 0 Å². The van der Waals surface area contributed by atoms with Crippen molar-refractivity contribution in [1.29, 1.82) is 0 Å². The summed E-state index contributed by atoms with van der Waals surface area (Å²) in [7, 11) is 2.08. The molecule has 0 spiro atoms. The molecule has 1 amide bonds. The molecule has 0 radical (unpaired) electrons. The number of piperazine rings is 1. The van der Waals surface area contributed by atoms with Crippen LogP contribution in [0.3, 0.4) is 0 Å². The van der Waals surface area contributed by atoms with Crippen molar-refractivity contribution in [3.8, 4) is 10.6 Å². The molecule has 1 fully saturated rings. The number of hydrogen-bond donors (Lipinski definition) is 0.